The number of allylic oxidation sites excluding steroid dienone is 1. The van der Waals surface area contributed by atoms with Gasteiger partial charge in [0, 0.05) is 59.9 Å². The number of hydrogen-bond donors (Lipinski definition) is 3. The number of aldehydes is 1. The van der Waals surface area contributed by atoms with Gasteiger partial charge < -0.3 is 44.8 Å². The van der Waals surface area contributed by atoms with Crippen LogP contribution in [0.2, 0.25) is 0 Å². The maximum Gasteiger partial charge on any atom is 0.322 e. The zero-order chi connectivity index (χ0) is 45.3. The van der Waals surface area contributed by atoms with E-state index in [1.807, 2.05) is 34.6 Å². The first-order valence-corrected chi connectivity index (χ1v) is 21.5. The molecule has 2 aliphatic heterocycles. The van der Waals surface area contributed by atoms with Gasteiger partial charge in [0.05, 0.1) is 43.2 Å². The lowest BCUT2D eigenvalue weighted by atomic mass is 9.89. The highest BCUT2D eigenvalue weighted by Crippen LogP contribution is 2.38. The first-order valence-electron chi connectivity index (χ1n) is 21.5. The van der Waals surface area contributed by atoms with Gasteiger partial charge in [0.15, 0.2) is 0 Å². The number of methoxy groups -OCH3 is 2. The Hall–Kier alpha value is -4.38. The number of carbonyl (C=O) groups is 8. The molecule has 0 spiro atoms. The smallest absolute Gasteiger partial charge is 0.322 e. The second kappa shape index (κ2) is 25.4. The van der Waals surface area contributed by atoms with Gasteiger partial charge in [0.1, 0.15) is 18.9 Å². The number of carboxylic acid groups (broad SMARTS) is 1. The zero-order valence-corrected chi connectivity index (χ0v) is 37.5. The number of likely N-dealkylation sites (tertiary alicyclic amines) is 2. The van der Waals surface area contributed by atoms with Crippen LogP contribution >= 0.6 is 0 Å². The summed E-state index contributed by atoms with van der Waals surface area (Å²) in [6.45, 7) is 11.7. The van der Waals surface area contributed by atoms with Gasteiger partial charge in [-0.3, -0.25) is 38.4 Å². The van der Waals surface area contributed by atoms with Crippen LogP contribution in [0.1, 0.15) is 99.3 Å². The third kappa shape index (κ3) is 13.8. The summed E-state index contributed by atoms with van der Waals surface area (Å²) in [5.74, 6) is -3.99. The van der Waals surface area contributed by atoms with Crippen molar-refractivity contribution in [1.29, 1.82) is 0 Å². The van der Waals surface area contributed by atoms with Crippen LogP contribution in [-0.4, -0.2) is 163 Å². The summed E-state index contributed by atoms with van der Waals surface area (Å²) in [5.41, 5.74) is 0. The molecule has 0 aromatic rings. The predicted molar refractivity (Wildman–Crippen MR) is 224 cm³/mol. The highest BCUT2D eigenvalue weighted by Gasteiger charge is 2.49. The van der Waals surface area contributed by atoms with Crippen molar-refractivity contribution in [2.24, 2.45) is 23.7 Å². The van der Waals surface area contributed by atoms with E-state index in [1.54, 1.807) is 30.8 Å². The molecule has 60 heavy (non-hydrogen) atoms. The Balaban J connectivity index is 2.13. The van der Waals surface area contributed by atoms with Crippen molar-refractivity contribution in [2.45, 2.75) is 136 Å². The topological polar surface area (TPSA) is 212 Å². The average molecular weight is 849 g/mol. The van der Waals surface area contributed by atoms with Crippen LogP contribution in [0.25, 0.3) is 0 Å². The third-order valence-electron chi connectivity index (χ3n) is 12.8. The molecule has 10 atom stereocenters. The Labute approximate surface area is 356 Å². The summed E-state index contributed by atoms with van der Waals surface area (Å²) in [5, 5.41) is 14.2. The van der Waals surface area contributed by atoms with Crippen molar-refractivity contribution >= 4 is 47.7 Å². The van der Waals surface area contributed by atoms with Crippen molar-refractivity contribution in [1.82, 2.24) is 30.2 Å². The van der Waals surface area contributed by atoms with Crippen LogP contribution < -0.4 is 10.6 Å². The van der Waals surface area contributed by atoms with Gasteiger partial charge in [-0.15, -0.1) is 0 Å². The molecule has 2 fully saturated rings. The highest BCUT2D eigenvalue weighted by molar-refractivity contribution is 5.92. The predicted octanol–water partition coefficient (Wildman–Crippen LogP) is 2.26. The minimum Gasteiger partial charge on any atom is -0.480 e. The van der Waals surface area contributed by atoms with Crippen molar-refractivity contribution in [3.63, 3.8) is 0 Å². The molecule has 2 aliphatic rings. The molecule has 2 heterocycles. The van der Waals surface area contributed by atoms with Crippen LogP contribution in [0.5, 0.6) is 0 Å². The van der Waals surface area contributed by atoms with E-state index in [-0.39, 0.29) is 66.8 Å². The van der Waals surface area contributed by atoms with E-state index in [9.17, 15) is 38.4 Å². The van der Waals surface area contributed by atoms with Gasteiger partial charge in [0.25, 0.3) is 0 Å². The van der Waals surface area contributed by atoms with Crippen LogP contribution in [0.3, 0.4) is 0 Å². The lowest BCUT2D eigenvalue weighted by Gasteiger charge is -2.39. The fourth-order valence-electron chi connectivity index (χ4n) is 8.96. The van der Waals surface area contributed by atoms with E-state index in [1.165, 1.54) is 30.1 Å². The normalized spacial score (nSPS) is 22.7. The molecule has 2 saturated heterocycles. The number of aliphatic carboxylic acids is 1. The van der Waals surface area contributed by atoms with E-state index in [0.29, 0.717) is 64.3 Å². The van der Waals surface area contributed by atoms with Crippen LogP contribution in [0.15, 0.2) is 12.2 Å². The lowest BCUT2D eigenvalue weighted by Crippen LogP contribution is -2.55. The summed E-state index contributed by atoms with van der Waals surface area (Å²) in [7, 11) is 6.25. The Morgan fingerprint density at radius 3 is 2.18 bits per heavy atom. The second-order valence-electron chi connectivity index (χ2n) is 16.5. The Bertz CT molecular complexity index is 1510. The fourth-order valence-corrected chi connectivity index (χ4v) is 8.96. The summed E-state index contributed by atoms with van der Waals surface area (Å²) in [6, 6.07) is -1.86. The minimum absolute atomic E-state index is 0.0496. The van der Waals surface area contributed by atoms with Gasteiger partial charge in [-0.1, -0.05) is 54.4 Å². The molecule has 6 amide bonds. The fraction of sp³-hybridized carbons (Fsp3) is 0.767. The number of hydrogen-bond acceptors (Lipinski definition) is 10. The first-order chi connectivity index (χ1) is 28.4. The number of unbranched alkanes of at least 4 members (excludes halogenated alkanes) is 2. The maximum absolute atomic E-state index is 14.0. The number of carbonyl (C=O) groups excluding carboxylic acids is 7. The van der Waals surface area contributed by atoms with Crippen LogP contribution in [0, 0.1) is 23.7 Å². The number of amides is 6. The largest absolute Gasteiger partial charge is 0.480 e. The van der Waals surface area contributed by atoms with E-state index in [0.717, 1.165) is 6.08 Å². The van der Waals surface area contributed by atoms with Crippen LogP contribution in [0.4, 0.5) is 0 Å². The number of nitrogens with zero attached hydrogens (tertiary/aromatic N) is 4. The highest BCUT2D eigenvalue weighted by atomic mass is 16.5. The number of nitrogens with one attached hydrogen (secondary N) is 2. The second-order valence-corrected chi connectivity index (χ2v) is 16.5. The SMILES string of the molecule is CCC(C)C(C(CC(=O)N1CCCC1C(OC)C(C)C(=O)NCC(=O)O)OC)N(C)C(=O)CNC(=O)C1C(C)[C@H](C)C(CC)N1C(=O)CCCCCN(C)C(=O)/C=C\C=O. The quantitative estimate of drug-likeness (QED) is 0.0689. The molecule has 3 N–H and O–H groups in total. The molecule has 0 aromatic heterocycles. The summed E-state index contributed by atoms with van der Waals surface area (Å²) < 4.78 is 11.6. The molecular formula is C43H72N6O11. The molecule has 17 heteroatoms. The Morgan fingerprint density at radius 1 is 0.917 bits per heavy atom. The Kier molecular flexibility index (Phi) is 21.9. The van der Waals surface area contributed by atoms with E-state index < -0.39 is 60.6 Å². The first kappa shape index (κ1) is 51.8. The molecule has 0 saturated carbocycles. The number of carboxylic acids is 1. The summed E-state index contributed by atoms with van der Waals surface area (Å²) in [4.78, 5) is 108. The van der Waals surface area contributed by atoms with Gasteiger partial charge in [-0.25, -0.2) is 0 Å². The minimum atomic E-state index is -1.17. The average Bonchev–Trinajstić information content (AvgIpc) is 3.81. The van der Waals surface area contributed by atoms with Gasteiger partial charge >= 0.3 is 5.97 Å². The zero-order valence-electron chi connectivity index (χ0n) is 37.5. The van der Waals surface area contributed by atoms with Crippen molar-refractivity contribution in [3.8, 4) is 0 Å². The molecule has 0 aliphatic carbocycles. The summed E-state index contributed by atoms with van der Waals surface area (Å²) >= 11 is 0. The molecule has 0 aromatic carbocycles. The van der Waals surface area contributed by atoms with Crippen molar-refractivity contribution < 1.29 is 52.9 Å². The number of likely N-dealkylation sites (N-methyl/N-ethyl adjacent to an activating group) is 2. The van der Waals surface area contributed by atoms with E-state index in [2.05, 4.69) is 10.6 Å². The van der Waals surface area contributed by atoms with Gasteiger partial charge in [0.2, 0.25) is 35.4 Å². The molecule has 0 bridgehead atoms. The van der Waals surface area contributed by atoms with Crippen LogP contribution in [-0.2, 0) is 47.8 Å². The standard InChI is InChI=1S/C43H72N6O11/c1-11-27(3)39(33(59-9)24-36(53)48-22-16-18-32(48)41(60-10)30(6)42(57)45-26-38(55)56)47(8)37(54)25-44-43(58)40-29(5)28(4)31(12-2)49(40)35(52)19-14-13-15-21-46(7)34(51)20-17-23-50/h17,20,23,27-33,39-41H,11-16,18-19,21-22,24-26H2,1-10H3,(H,44,58)(H,45,57)(H,55,56)/b20-17-/t27?,28-,29?,30?,31?,32?,33?,39?,40?,41?/m0/s1. The molecule has 2 rings (SSSR count). The van der Waals surface area contributed by atoms with Gasteiger partial charge in [-0.05, 0) is 55.9 Å². The Morgan fingerprint density at radius 2 is 1.60 bits per heavy atom. The maximum atomic E-state index is 14.0. The number of ether oxygens (including phenoxy) is 2. The van der Waals surface area contributed by atoms with E-state index in [4.69, 9.17) is 14.6 Å². The molecule has 340 valence electrons. The monoisotopic (exact) mass is 849 g/mol. The molecule has 9 unspecified atom stereocenters. The summed E-state index contributed by atoms with van der Waals surface area (Å²) in [6.07, 6.45) is 6.29. The lowest BCUT2D eigenvalue weighted by molar-refractivity contribution is -0.146. The molecular weight excluding hydrogens is 777 g/mol. The number of rotatable bonds is 25. The van der Waals surface area contributed by atoms with Crippen molar-refractivity contribution in [2.75, 3.05) is 54.5 Å². The van der Waals surface area contributed by atoms with E-state index >= 15 is 0 Å². The third-order valence-corrected chi connectivity index (χ3v) is 12.8. The molecule has 0 radical (unpaired) electrons. The van der Waals surface area contributed by atoms with Crippen molar-refractivity contribution in [3.05, 3.63) is 12.2 Å². The van der Waals surface area contributed by atoms with Gasteiger partial charge in [-0.2, -0.15) is 0 Å². The molecule has 17 nitrogen and oxygen atoms in total.